The van der Waals surface area contributed by atoms with Crippen LogP contribution >= 0.6 is 0 Å². The van der Waals surface area contributed by atoms with Crippen LogP contribution in [-0.4, -0.2) is 35.9 Å². The molecule has 1 aromatic heterocycles. The quantitative estimate of drug-likeness (QED) is 0.724. The third-order valence-electron chi connectivity index (χ3n) is 2.57. The average Bonchev–Trinajstić information content (AvgIpc) is 2.41. The summed E-state index contributed by atoms with van der Waals surface area (Å²) in [5.41, 5.74) is -0.146. The van der Waals surface area contributed by atoms with Gasteiger partial charge in [0, 0.05) is 19.3 Å². The Labute approximate surface area is 117 Å². The Morgan fingerprint density at radius 1 is 1.35 bits per heavy atom. The number of hydrogen-bond donors (Lipinski definition) is 3. The van der Waals surface area contributed by atoms with Crippen LogP contribution in [0, 0.1) is 5.82 Å². The summed E-state index contributed by atoms with van der Waals surface area (Å²) < 4.78 is 14.0. The molecule has 0 saturated carbocycles. The molecule has 0 aliphatic carbocycles. The van der Waals surface area contributed by atoms with Crippen molar-refractivity contribution in [2.75, 3.05) is 18.4 Å². The molecule has 20 heavy (non-hydrogen) atoms. The lowest BCUT2D eigenvalue weighted by atomic mass is 10.2. The molecule has 2 amide bonds. The first-order chi connectivity index (χ1) is 9.51. The van der Waals surface area contributed by atoms with Gasteiger partial charge in [-0.05, 0) is 26.8 Å². The fourth-order valence-corrected chi connectivity index (χ4v) is 1.58. The topological polar surface area (TPSA) is 83.1 Å². The minimum Gasteiger partial charge on any atom is -0.368 e. The van der Waals surface area contributed by atoms with Gasteiger partial charge >= 0.3 is 0 Å². The molecule has 1 atom stereocenters. The second-order valence-corrected chi connectivity index (χ2v) is 4.14. The molecular formula is C13H19FN4O2. The summed E-state index contributed by atoms with van der Waals surface area (Å²) in [5, 5.41) is 7.74. The lowest BCUT2D eigenvalue weighted by Crippen LogP contribution is -2.44. The Bertz CT molecular complexity index is 493. The van der Waals surface area contributed by atoms with Gasteiger partial charge in [-0.3, -0.25) is 9.59 Å². The van der Waals surface area contributed by atoms with E-state index in [-0.39, 0.29) is 17.3 Å². The van der Waals surface area contributed by atoms with Crippen molar-refractivity contribution in [1.29, 1.82) is 0 Å². The van der Waals surface area contributed by atoms with Crippen LogP contribution in [0.3, 0.4) is 0 Å². The summed E-state index contributed by atoms with van der Waals surface area (Å²) in [5.74, 6) is -1.68. The van der Waals surface area contributed by atoms with Gasteiger partial charge in [0.25, 0.3) is 5.91 Å². The molecule has 0 aliphatic rings. The Hall–Kier alpha value is -2.18. The maximum Gasteiger partial charge on any atom is 0.255 e. The first-order valence-electron chi connectivity index (χ1n) is 6.48. The van der Waals surface area contributed by atoms with Crippen molar-refractivity contribution in [2.24, 2.45) is 0 Å². The van der Waals surface area contributed by atoms with Gasteiger partial charge in [-0.1, -0.05) is 0 Å². The van der Waals surface area contributed by atoms with Crippen molar-refractivity contribution in [3.05, 3.63) is 23.6 Å². The zero-order chi connectivity index (χ0) is 15.1. The van der Waals surface area contributed by atoms with Crippen LogP contribution in [0.1, 0.15) is 31.1 Å². The average molecular weight is 282 g/mol. The number of likely N-dealkylation sites (N-methyl/N-ethyl adjacent to an activating group) is 1. The smallest absolute Gasteiger partial charge is 0.255 e. The number of carbonyl (C=O) groups is 2. The number of rotatable bonds is 6. The number of nitrogens with one attached hydrogen (secondary N) is 3. The van der Waals surface area contributed by atoms with E-state index in [9.17, 15) is 14.0 Å². The van der Waals surface area contributed by atoms with E-state index < -0.39 is 17.8 Å². The number of hydrogen-bond acceptors (Lipinski definition) is 4. The molecule has 0 aliphatic heterocycles. The molecule has 0 spiro atoms. The second-order valence-electron chi connectivity index (χ2n) is 4.14. The highest BCUT2D eigenvalue weighted by Gasteiger charge is 2.20. The molecule has 7 heteroatoms. The summed E-state index contributed by atoms with van der Waals surface area (Å²) in [6.45, 7) is 6.06. The number of amides is 2. The van der Waals surface area contributed by atoms with Crippen LogP contribution in [0.4, 0.5) is 10.2 Å². The van der Waals surface area contributed by atoms with E-state index >= 15 is 0 Å². The zero-order valence-electron chi connectivity index (χ0n) is 11.8. The minimum atomic E-state index is -0.738. The molecule has 0 saturated heterocycles. The molecule has 0 fully saturated rings. The van der Waals surface area contributed by atoms with Gasteiger partial charge in [0.1, 0.15) is 6.04 Å². The van der Waals surface area contributed by atoms with Crippen molar-refractivity contribution in [2.45, 2.75) is 26.8 Å². The second kappa shape index (κ2) is 7.42. The highest BCUT2D eigenvalue weighted by Crippen LogP contribution is 2.14. The fraction of sp³-hybridized carbons (Fsp3) is 0.462. The van der Waals surface area contributed by atoms with Gasteiger partial charge in [0.15, 0.2) is 11.6 Å². The molecule has 110 valence electrons. The van der Waals surface area contributed by atoms with E-state index in [0.29, 0.717) is 13.1 Å². The molecular weight excluding hydrogens is 263 g/mol. The minimum absolute atomic E-state index is 0.0193. The number of pyridine rings is 1. The van der Waals surface area contributed by atoms with E-state index in [2.05, 4.69) is 20.9 Å². The first kappa shape index (κ1) is 15.9. The highest BCUT2D eigenvalue weighted by atomic mass is 19.1. The summed E-state index contributed by atoms with van der Waals surface area (Å²) in [4.78, 5) is 27.3. The SMILES string of the molecule is CCNC(=O)C(C)NC(=O)c1ccnc(NCC)c1F. The maximum atomic E-state index is 14.0. The van der Waals surface area contributed by atoms with E-state index in [4.69, 9.17) is 0 Å². The Balaban J connectivity index is 2.82. The standard InChI is InChI=1S/C13H19FN4O2/c1-4-15-11-10(14)9(6-7-17-11)13(20)18-8(3)12(19)16-5-2/h6-8H,4-5H2,1-3H3,(H,15,17)(H,16,19)(H,18,20). The summed E-state index contributed by atoms with van der Waals surface area (Å²) in [6.07, 6.45) is 1.34. The monoisotopic (exact) mass is 282 g/mol. The number of halogens is 1. The number of carbonyl (C=O) groups excluding carboxylic acids is 2. The van der Waals surface area contributed by atoms with E-state index in [0.717, 1.165) is 0 Å². The summed E-state index contributed by atoms with van der Waals surface area (Å²) >= 11 is 0. The summed E-state index contributed by atoms with van der Waals surface area (Å²) in [7, 11) is 0. The van der Waals surface area contributed by atoms with Crippen molar-refractivity contribution in [1.82, 2.24) is 15.6 Å². The molecule has 1 unspecified atom stereocenters. The van der Waals surface area contributed by atoms with Gasteiger partial charge in [0.2, 0.25) is 5.91 Å². The number of anilines is 1. The molecule has 0 aromatic carbocycles. The Morgan fingerprint density at radius 3 is 2.65 bits per heavy atom. The van der Waals surface area contributed by atoms with Crippen LogP contribution in [0.25, 0.3) is 0 Å². The van der Waals surface area contributed by atoms with E-state index in [1.54, 1.807) is 13.8 Å². The molecule has 1 aromatic rings. The number of nitrogens with zero attached hydrogens (tertiary/aromatic N) is 1. The predicted molar refractivity (Wildman–Crippen MR) is 74.0 cm³/mol. The maximum absolute atomic E-state index is 14.0. The molecule has 0 bridgehead atoms. The van der Waals surface area contributed by atoms with E-state index in [1.807, 2.05) is 0 Å². The highest BCUT2D eigenvalue weighted by molar-refractivity contribution is 5.98. The van der Waals surface area contributed by atoms with Crippen LogP contribution < -0.4 is 16.0 Å². The zero-order valence-corrected chi connectivity index (χ0v) is 11.8. The lowest BCUT2D eigenvalue weighted by molar-refractivity contribution is -0.122. The van der Waals surface area contributed by atoms with Gasteiger partial charge in [-0.15, -0.1) is 0 Å². The van der Waals surface area contributed by atoms with Crippen molar-refractivity contribution < 1.29 is 14.0 Å². The van der Waals surface area contributed by atoms with E-state index in [1.165, 1.54) is 19.2 Å². The molecule has 6 nitrogen and oxygen atoms in total. The van der Waals surface area contributed by atoms with Crippen molar-refractivity contribution >= 4 is 17.6 Å². The molecule has 1 rings (SSSR count). The van der Waals surface area contributed by atoms with Crippen LogP contribution in [-0.2, 0) is 4.79 Å². The molecule has 1 heterocycles. The van der Waals surface area contributed by atoms with Crippen LogP contribution in [0.15, 0.2) is 12.3 Å². The van der Waals surface area contributed by atoms with Gasteiger partial charge in [-0.2, -0.15) is 0 Å². The summed E-state index contributed by atoms with van der Waals surface area (Å²) in [6, 6.07) is 0.535. The predicted octanol–water partition coefficient (Wildman–Crippen LogP) is 0.907. The third kappa shape index (κ3) is 3.91. The van der Waals surface area contributed by atoms with Crippen LogP contribution in [0.5, 0.6) is 0 Å². The van der Waals surface area contributed by atoms with Gasteiger partial charge in [-0.25, -0.2) is 9.37 Å². The van der Waals surface area contributed by atoms with Crippen LogP contribution in [0.2, 0.25) is 0 Å². The molecule has 0 radical (unpaired) electrons. The van der Waals surface area contributed by atoms with Crippen molar-refractivity contribution in [3.63, 3.8) is 0 Å². The normalized spacial score (nSPS) is 11.6. The van der Waals surface area contributed by atoms with Gasteiger partial charge < -0.3 is 16.0 Å². The fourth-order valence-electron chi connectivity index (χ4n) is 1.58. The first-order valence-corrected chi connectivity index (χ1v) is 6.48. The van der Waals surface area contributed by atoms with Gasteiger partial charge in [0.05, 0.1) is 5.56 Å². The van der Waals surface area contributed by atoms with Crippen molar-refractivity contribution in [3.8, 4) is 0 Å². The Kier molecular flexibility index (Phi) is 5.89. The third-order valence-corrected chi connectivity index (χ3v) is 2.57. The molecule has 3 N–H and O–H groups in total. The number of aromatic nitrogens is 1. The largest absolute Gasteiger partial charge is 0.368 e. The Morgan fingerprint density at radius 2 is 2.05 bits per heavy atom. The lowest BCUT2D eigenvalue weighted by Gasteiger charge is -2.14.